The van der Waals surface area contributed by atoms with Crippen molar-refractivity contribution in [3.8, 4) is 17.0 Å². The zero-order chi connectivity index (χ0) is 17.1. The molecule has 1 aromatic carbocycles. The van der Waals surface area contributed by atoms with Gasteiger partial charge in [0.2, 0.25) is 0 Å². The van der Waals surface area contributed by atoms with Crippen LogP contribution in [0, 0.1) is 6.92 Å². The largest absolute Gasteiger partial charge is 0.497 e. The molecular weight excluding hydrogens is 328 g/mol. The van der Waals surface area contributed by atoms with E-state index in [1.165, 1.54) is 11.3 Å². The Balaban J connectivity index is 2.01. The van der Waals surface area contributed by atoms with Gasteiger partial charge < -0.3 is 19.5 Å². The third kappa shape index (κ3) is 3.52. The zero-order valence-corrected chi connectivity index (χ0v) is 14.6. The summed E-state index contributed by atoms with van der Waals surface area (Å²) in [7, 11) is 1.63. The molecule has 2 aromatic rings. The number of morpholine rings is 1. The fourth-order valence-corrected chi connectivity index (χ4v) is 3.84. The van der Waals surface area contributed by atoms with Gasteiger partial charge in [-0.05, 0) is 30.7 Å². The molecule has 128 valence electrons. The molecule has 0 amide bonds. The predicted molar refractivity (Wildman–Crippen MR) is 93.2 cm³/mol. The van der Waals surface area contributed by atoms with Crippen LogP contribution < -0.4 is 9.64 Å². The van der Waals surface area contributed by atoms with Gasteiger partial charge in [0, 0.05) is 23.5 Å². The highest BCUT2D eigenvalue weighted by atomic mass is 32.1. The Morgan fingerprint density at radius 1 is 1.42 bits per heavy atom. The number of nitrogens with zero attached hydrogens (tertiary/aromatic N) is 2. The van der Waals surface area contributed by atoms with Crippen LogP contribution in [-0.4, -0.2) is 49.5 Å². The fourth-order valence-electron chi connectivity index (χ4n) is 2.73. The van der Waals surface area contributed by atoms with E-state index in [2.05, 4.69) is 4.90 Å². The number of aromatic nitrogens is 1. The Morgan fingerprint density at radius 2 is 2.17 bits per heavy atom. The Bertz CT molecular complexity index is 738. The van der Waals surface area contributed by atoms with E-state index >= 15 is 0 Å². The fraction of sp³-hybridized carbons (Fsp3) is 0.412. The third-order valence-electron chi connectivity index (χ3n) is 3.97. The molecule has 1 N–H and O–H groups in total. The molecule has 0 bridgehead atoms. The summed E-state index contributed by atoms with van der Waals surface area (Å²) in [6, 6.07) is 5.76. The maximum atomic E-state index is 11.2. The molecule has 1 saturated heterocycles. The molecule has 0 aliphatic carbocycles. The van der Waals surface area contributed by atoms with Crippen LogP contribution in [0.15, 0.2) is 18.2 Å². The monoisotopic (exact) mass is 348 g/mol. The van der Waals surface area contributed by atoms with E-state index in [0.29, 0.717) is 13.2 Å². The maximum absolute atomic E-state index is 11.2. The number of hydrogen-bond acceptors (Lipinski definition) is 6. The molecule has 0 radical (unpaired) electrons. The van der Waals surface area contributed by atoms with Gasteiger partial charge in [-0.1, -0.05) is 0 Å². The molecule has 0 atom stereocenters. The van der Waals surface area contributed by atoms with Crippen LogP contribution in [0.3, 0.4) is 0 Å². The van der Waals surface area contributed by atoms with Crippen LogP contribution in [0.5, 0.6) is 5.75 Å². The van der Waals surface area contributed by atoms with Crippen molar-refractivity contribution in [3.63, 3.8) is 0 Å². The van der Waals surface area contributed by atoms with E-state index in [-0.39, 0.29) is 6.42 Å². The van der Waals surface area contributed by atoms with Gasteiger partial charge in [-0.25, -0.2) is 4.98 Å². The van der Waals surface area contributed by atoms with Gasteiger partial charge in [-0.3, -0.25) is 4.79 Å². The normalized spacial score (nSPS) is 14.7. The maximum Gasteiger partial charge on any atom is 0.308 e. The molecule has 24 heavy (non-hydrogen) atoms. The van der Waals surface area contributed by atoms with Crippen molar-refractivity contribution in [1.82, 2.24) is 4.98 Å². The number of hydrogen-bond donors (Lipinski definition) is 1. The van der Waals surface area contributed by atoms with Crippen molar-refractivity contribution in [2.24, 2.45) is 0 Å². The lowest BCUT2D eigenvalue weighted by atomic mass is 10.0. The predicted octanol–water partition coefficient (Wildman–Crippen LogP) is 2.59. The number of thiazole rings is 1. The SMILES string of the molecule is COc1ccc(-c2nc(N3CCOCC3)sc2CC(=O)O)c(C)c1. The van der Waals surface area contributed by atoms with E-state index in [1.54, 1.807) is 7.11 Å². The molecule has 2 heterocycles. The quantitative estimate of drug-likeness (QED) is 0.895. The van der Waals surface area contributed by atoms with Crippen LogP contribution in [0.4, 0.5) is 5.13 Å². The van der Waals surface area contributed by atoms with Gasteiger partial charge in [-0.15, -0.1) is 11.3 Å². The van der Waals surface area contributed by atoms with Gasteiger partial charge in [0.05, 0.1) is 32.4 Å². The van der Waals surface area contributed by atoms with E-state index in [4.69, 9.17) is 14.5 Å². The first-order chi connectivity index (χ1) is 11.6. The lowest BCUT2D eigenvalue weighted by molar-refractivity contribution is -0.136. The number of anilines is 1. The van der Waals surface area contributed by atoms with E-state index < -0.39 is 5.97 Å². The average molecular weight is 348 g/mol. The third-order valence-corrected chi connectivity index (χ3v) is 5.08. The Labute approximate surface area is 144 Å². The molecule has 1 aromatic heterocycles. The molecule has 3 rings (SSSR count). The lowest BCUT2D eigenvalue weighted by Crippen LogP contribution is -2.36. The van der Waals surface area contributed by atoms with Crippen LogP contribution >= 0.6 is 11.3 Å². The number of carboxylic acid groups (broad SMARTS) is 1. The number of aryl methyl sites for hydroxylation is 1. The second kappa shape index (κ2) is 7.19. The lowest BCUT2D eigenvalue weighted by Gasteiger charge is -2.26. The van der Waals surface area contributed by atoms with Gasteiger partial charge in [-0.2, -0.15) is 0 Å². The highest BCUT2D eigenvalue weighted by Gasteiger charge is 2.21. The average Bonchev–Trinajstić information content (AvgIpc) is 2.98. The van der Waals surface area contributed by atoms with E-state index in [9.17, 15) is 9.90 Å². The summed E-state index contributed by atoms with van der Waals surface area (Å²) in [5, 5.41) is 10.1. The molecule has 0 unspecified atom stereocenters. The summed E-state index contributed by atoms with van der Waals surface area (Å²) in [6.07, 6.45) is -0.0250. The van der Waals surface area contributed by atoms with Crippen LogP contribution in [-0.2, 0) is 16.0 Å². The smallest absolute Gasteiger partial charge is 0.308 e. The topological polar surface area (TPSA) is 71.9 Å². The molecule has 1 aliphatic heterocycles. The summed E-state index contributed by atoms with van der Waals surface area (Å²) < 4.78 is 10.6. The number of aliphatic carboxylic acids is 1. The second-order valence-corrected chi connectivity index (χ2v) is 6.68. The standard InChI is InChI=1S/C17H20N2O4S/c1-11-9-12(22-2)3-4-13(11)16-14(10-15(20)21)24-17(18-16)19-5-7-23-8-6-19/h3-4,9H,5-8,10H2,1-2H3,(H,20,21). The van der Waals surface area contributed by atoms with Crippen molar-refractivity contribution >= 4 is 22.4 Å². The molecule has 1 aliphatic rings. The highest BCUT2D eigenvalue weighted by Crippen LogP contribution is 2.36. The van der Waals surface area contributed by atoms with Crippen molar-refractivity contribution in [2.75, 3.05) is 38.3 Å². The second-order valence-electron chi connectivity index (χ2n) is 5.62. The molecule has 7 heteroatoms. The van der Waals surface area contributed by atoms with Crippen LogP contribution in [0.25, 0.3) is 11.3 Å². The van der Waals surface area contributed by atoms with Crippen molar-refractivity contribution in [3.05, 3.63) is 28.6 Å². The van der Waals surface area contributed by atoms with Crippen molar-refractivity contribution in [2.45, 2.75) is 13.3 Å². The number of ether oxygens (including phenoxy) is 2. The number of methoxy groups -OCH3 is 1. The van der Waals surface area contributed by atoms with E-state index in [0.717, 1.165) is 45.7 Å². The molecule has 0 spiro atoms. The number of carboxylic acids is 1. The minimum Gasteiger partial charge on any atom is -0.497 e. The summed E-state index contributed by atoms with van der Waals surface area (Å²) >= 11 is 1.46. The van der Waals surface area contributed by atoms with Crippen LogP contribution in [0.2, 0.25) is 0 Å². The summed E-state index contributed by atoms with van der Waals surface area (Å²) in [5.41, 5.74) is 2.71. The van der Waals surface area contributed by atoms with Gasteiger partial charge >= 0.3 is 5.97 Å². The van der Waals surface area contributed by atoms with Gasteiger partial charge in [0.15, 0.2) is 5.13 Å². The Morgan fingerprint density at radius 3 is 2.79 bits per heavy atom. The summed E-state index contributed by atoms with van der Waals surface area (Å²) in [5.74, 6) is -0.0701. The van der Waals surface area contributed by atoms with Gasteiger partial charge in [0.25, 0.3) is 0 Å². The molecule has 0 saturated carbocycles. The minimum absolute atomic E-state index is 0.0250. The zero-order valence-electron chi connectivity index (χ0n) is 13.7. The Kier molecular flexibility index (Phi) is 5.01. The number of benzene rings is 1. The first-order valence-corrected chi connectivity index (χ1v) is 8.59. The van der Waals surface area contributed by atoms with Crippen LogP contribution in [0.1, 0.15) is 10.4 Å². The highest BCUT2D eigenvalue weighted by molar-refractivity contribution is 7.16. The van der Waals surface area contributed by atoms with E-state index in [1.807, 2.05) is 25.1 Å². The molecule has 6 nitrogen and oxygen atoms in total. The van der Waals surface area contributed by atoms with Crippen molar-refractivity contribution < 1.29 is 19.4 Å². The Hall–Kier alpha value is -2.12. The summed E-state index contributed by atoms with van der Waals surface area (Å²) in [4.78, 5) is 18.9. The number of rotatable bonds is 5. The minimum atomic E-state index is -0.848. The number of carbonyl (C=O) groups is 1. The first kappa shape index (κ1) is 16.7. The first-order valence-electron chi connectivity index (χ1n) is 7.77. The van der Waals surface area contributed by atoms with Crippen molar-refractivity contribution in [1.29, 1.82) is 0 Å². The molecular formula is C17H20N2O4S. The molecule has 1 fully saturated rings. The van der Waals surface area contributed by atoms with Gasteiger partial charge in [0.1, 0.15) is 5.75 Å². The summed E-state index contributed by atoms with van der Waals surface area (Å²) in [6.45, 7) is 4.88.